The molecule has 0 aromatic heterocycles. The van der Waals surface area contributed by atoms with E-state index < -0.39 is 0 Å². The van der Waals surface area contributed by atoms with Crippen molar-refractivity contribution in [2.24, 2.45) is 0 Å². The van der Waals surface area contributed by atoms with Gasteiger partial charge in [-0.3, -0.25) is 0 Å². The topological polar surface area (TPSA) is 0 Å². The maximum absolute atomic E-state index is 2.40. The molecule has 0 amide bonds. The van der Waals surface area contributed by atoms with Gasteiger partial charge in [0.1, 0.15) is 0 Å². The molecule has 89 valence electrons. The molecule has 0 unspecified atom stereocenters. The number of benzene rings is 1. The van der Waals surface area contributed by atoms with E-state index in [9.17, 15) is 0 Å². The van der Waals surface area contributed by atoms with Crippen LogP contribution in [0.5, 0.6) is 0 Å². The van der Waals surface area contributed by atoms with Gasteiger partial charge >= 0.3 is 114 Å². The zero-order valence-electron chi connectivity index (χ0n) is 11.3. The van der Waals surface area contributed by atoms with Crippen molar-refractivity contribution in [2.75, 3.05) is 0 Å². The van der Waals surface area contributed by atoms with Crippen molar-refractivity contribution in [3.05, 3.63) is 28.8 Å². The number of hydrogen-bond acceptors (Lipinski definition) is 0. The Morgan fingerprint density at radius 3 is 1.38 bits per heavy atom. The van der Waals surface area contributed by atoms with Crippen LogP contribution in [-0.4, -0.2) is 22.3 Å². The molecule has 0 fully saturated rings. The third-order valence-electron chi connectivity index (χ3n) is 3.08. The average Bonchev–Trinajstić information content (AvgIpc) is 2.16. The summed E-state index contributed by atoms with van der Waals surface area (Å²) in [5.74, 6) is 1.87. The van der Waals surface area contributed by atoms with E-state index in [1.165, 1.54) is 20.3 Å². The third-order valence-corrected chi connectivity index (χ3v) is 4.42. The monoisotopic (exact) mass is 333 g/mol. The Morgan fingerprint density at radius 2 is 1.12 bits per heavy atom. The molecule has 1 radical (unpaired) electrons. The molecule has 1 aromatic rings. The molecule has 0 bridgehead atoms. The molecule has 0 aliphatic carbocycles. The van der Waals surface area contributed by atoms with E-state index in [-0.39, 0.29) is 0 Å². The van der Waals surface area contributed by atoms with Crippen LogP contribution in [-0.2, 0) is 0 Å². The zero-order valence-corrected chi connectivity index (χ0v) is 13.6. The molecule has 1 rings (SSSR count). The van der Waals surface area contributed by atoms with Gasteiger partial charge in [-0.25, -0.2) is 0 Å². The Labute approximate surface area is 114 Å². The fourth-order valence-corrected chi connectivity index (χ4v) is 3.57. The second kappa shape index (κ2) is 5.56. The summed E-state index contributed by atoms with van der Waals surface area (Å²) in [7, 11) is 0. The van der Waals surface area contributed by atoms with Crippen LogP contribution in [0, 0.1) is 0 Å². The van der Waals surface area contributed by atoms with Crippen LogP contribution in [0.2, 0.25) is 0 Å². The average molecular weight is 331 g/mol. The predicted octanol–water partition coefficient (Wildman–Crippen LogP) is 3.85. The molecular weight excluding hydrogens is 308 g/mol. The summed E-state index contributed by atoms with van der Waals surface area (Å²) in [5.41, 5.74) is 4.54. The molecule has 0 nitrogen and oxygen atoms in total. The Bertz CT molecular complexity index is 333. The second-order valence-corrected chi connectivity index (χ2v) is 6.66. The quantitative estimate of drug-likeness (QED) is 0.738. The summed E-state index contributed by atoms with van der Waals surface area (Å²) in [6, 6.07) is 4.80. The van der Waals surface area contributed by atoms with Crippen LogP contribution in [0.1, 0.15) is 76.0 Å². The maximum atomic E-state index is 2.40. The molecule has 1 heteroatoms. The van der Waals surface area contributed by atoms with Gasteiger partial charge in [0.15, 0.2) is 0 Å². The Hall–Kier alpha value is 0.00961. The van der Waals surface area contributed by atoms with Crippen molar-refractivity contribution in [1.29, 1.82) is 0 Å². The van der Waals surface area contributed by atoms with Crippen molar-refractivity contribution >= 4 is 25.9 Å². The summed E-state index contributed by atoms with van der Waals surface area (Å²) in [6.45, 7) is 13.7. The molecule has 0 N–H and O–H groups in total. The van der Waals surface area contributed by atoms with Gasteiger partial charge in [0.05, 0.1) is 0 Å². The second-order valence-electron chi connectivity index (χ2n) is 5.49. The van der Waals surface area contributed by atoms with Crippen LogP contribution in [0.15, 0.2) is 12.1 Å². The van der Waals surface area contributed by atoms with Gasteiger partial charge in [-0.2, -0.15) is 0 Å². The molecule has 0 aliphatic rings. The first-order valence-electron chi connectivity index (χ1n) is 6.19. The van der Waals surface area contributed by atoms with E-state index in [2.05, 4.69) is 76.0 Å². The standard InChI is InChI=1S/C15H23Te/c1-9(2)12-7-13(10(3)4)15(16)14(8-12)11(5)6/h7-11H,1-6H3. The van der Waals surface area contributed by atoms with Gasteiger partial charge in [-0.15, -0.1) is 0 Å². The third kappa shape index (κ3) is 3.02. The van der Waals surface area contributed by atoms with Crippen LogP contribution < -0.4 is 3.61 Å². The molecular formula is C15H23Te. The summed E-state index contributed by atoms with van der Waals surface area (Å²) in [5, 5.41) is 0. The van der Waals surface area contributed by atoms with Gasteiger partial charge in [0.2, 0.25) is 0 Å². The van der Waals surface area contributed by atoms with E-state index in [1.807, 2.05) is 0 Å². The molecule has 0 spiro atoms. The van der Waals surface area contributed by atoms with Crippen molar-refractivity contribution in [1.82, 2.24) is 0 Å². The fourth-order valence-electron chi connectivity index (χ4n) is 1.89. The van der Waals surface area contributed by atoms with Gasteiger partial charge in [0, 0.05) is 0 Å². The van der Waals surface area contributed by atoms with Crippen LogP contribution in [0.3, 0.4) is 0 Å². The fraction of sp³-hybridized carbons (Fsp3) is 0.600. The van der Waals surface area contributed by atoms with Gasteiger partial charge in [-0.1, -0.05) is 0 Å². The van der Waals surface area contributed by atoms with Crippen LogP contribution >= 0.6 is 0 Å². The van der Waals surface area contributed by atoms with E-state index in [0.717, 1.165) is 0 Å². The molecule has 1 aromatic carbocycles. The molecule has 0 aliphatic heterocycles. The van der Waals surface area contributed by atoms with Gasteiger partial charge < -0.3 is 0 Å². The Morgan fingerprint density at radius 1 is 0.750 bits per heavy atom. The van der Waals surface area contributed by atoms with E-state index in [4.69, 9.17) is 0 Å². The minimum absolute atomic E-state index is 0.622. The van der Waals surface area contributed by atoms with Crippen molar-refractivity contribution < 1.29 is 0 Å². The van der Waals surface area contributed by atoms with Gasteiger partial charge in [0.25, 0.3) is 0 Å². The predicted molar refractivity (Wildman–Crippen MR) is 74.1 cm³/mol. The first kappa shape index (κ1) is 14.1. The first-order chi connectivity index (χ1) is 7.34. The molecule has 0 atom stereocenters. The molecule has 0 saturated carbocycles. The number of rotatable bonds is 3. The molecule has 0 saturated heterocycles. The van der Waals surface area contributed by atoms with Crippen molar-refractivity contribution in [3.63, 3.8) is 0 Å². The van der Waals surface area contributed by atoms with E-state index in [1.54, 1.807) is 0 Å². The van der Waals surface area contributed by atoms with E-state index >= 15 is 0 Å². The van der Waals surface area contributed by atoms with Crippen molar-refractivity contribution in [3.8, 4) is 0 Å². The Balaban J connectivity index is 3.39. The van der Waals surface area contributed by atoms with Crippen LogP contribution in [0.4, 0.5) is 0 Å². The minimum atomic E-state index is 0.622. The summed E-state index contributed by atoms with van der Waals surface area (Å²) in [6.07, 6.45) is 0. The zero-order chi connectivity index (χ0) is 12.5. The summed E-state index contributed by atoms with van der Waals surface area (Å²) < 4.78 is 1.50. The van der Waals surface area contributed by atoms with Crippen LogP contribution in [0.25, 0.3) is 0 Å². The van der Waals surface area contributed by atoms with Gasteiger partial charge in [-0.05, 0) is 0 Å². The molecule has 16 heavy (non-hydrogen) atoms. The van der Waals surface area contributed by atoms with E-state index in [0.29, 0.717) is 17.8 Å². The SMILES string of the molecule is CC(C)c1cc(C(C)C)c([Te])c(C(C)C)c1. The number of hydrogen-bond donors (Lipinski definition) is 0. The Kier molecular flexibility index (Phi) is 4.89. The first-order valence-corrected chi connectivity index (χ1v) is 7.35. The normalized spacial score (nSPS) is 11.8. The summed E-state index contributed by atoms with van der Waals surface area (Å²) in [4.78, 5) is 0. The van der Waals surface area contributed by atoms with Crippen molar-refractivity contribution in [2.45, 2.75) is 59.3 Å². The summed E-state index contributed by atoms with van der Waals surface area (Å²) >= 11 is 2.19. The molecule has 0 heterocycles.